The van der Waals surface area contributed by atoms with Crippen LogP contribution in [0.5, 0.6) is 0 Å². The van der Waals surface area contributed by atoms with Crippen LogP contribution in [0.3, 0.4) is 0 Å². The monoisotopic (exact) mass is 414 g/mol. The van der Waals surface area contributed by atoms with Crippen LogP contribution < -0.4 is 5.73 Å². The van der Waals surface area contributed by atoms with Crippen molar-refractivity contribution in [3.8, 4) is 0 Å². The topological polar surface area (TPSA) is 130 Å². The molecule has 3 N–H and O–H groups in total. The Kier molecular flexibility index (Phi) is 5.11. The van der Waals surface area contributed by atoms with E-state index in [1.54, 1.807) is 17.0 Å². The molecule has 0 bridgehead atoms. The molecule has 1 aromatic rings. The highest BCUT2D eigenvalue weighted by Gasteiger charge is 2.55. The number of rotatable bonds is 4. The van der Waals surface area contributed by atoms with E-state index in [0.29, 0.717) is 32.5 Å². The van der Waals surface area contributed by atoms with Crippen LogP contribution in [0.4, 0.5) is 5.69 Å². The molecule has 160 valence electrons. The van der Waals surface area contributed by atoms with Gasteiger partial charge in [0.05, 0.1) is 10.8 Å². The zero-order valence-corrected chi connectivity index (χ0v) is 16.9. The first-order chi connectivity index (χ1) is 14.2. The van der Waals surface area contributed by atoms with Crippen molar-refractivity contribution in [1.82, 2.24) is 9.96 Å². The molecule has 1 spiro atoms. The van der Waals surface area contributed by atoms with Crippen LogP contribution in [0.1, 0.15) is 36.8 Å². The summed E-state index contributed by atoms with van der Waals surface area (Å²) >= 11 is 0. The fourth-order valence-electron chi connectivity index (χ4n) is 4.81. The Morgan fingerprint density at radius 3 is 2.60 bits per heavy atom. The predicted molar refractivity (Wildman–Crippen MR) is 108 cm³/mol. The molecule has 2 fully saturated rings. The van der Waals surface area contributed by atoms with Crippen molar-refractivity contribution in [3.05, 3.63) is 45.5 Å². The number of nitrogens with zero attached hydrogens (tertiary/aromatic N) is 3. The van der Waals surface area contributed by atoms with E-state index in [9.17, 15) is 24.9 Å². The molecule has 1 saturated heterocycles. The molecule has 2 heterocycles. The number of hydroxylamine groups is 2. The number of hydrogen-bond donors (Lipinski definition) is 2. The highest BCUT2D eigenvalue weighted by molar-refractivity contribution is 5.90. The number of nitrogens with two attached hydrogens (primary N) is 1. The molecule has 2 aliphatic heterocycles. The van der Waals surface area contributed by atoms with Gasteiger partial charge in [0.25, 0.3) is 5.69 Å². The lowest BCUT2D eigenvalue weighted by atomic mass is 9.81. The molecule has 0 aromatic heterocycles. The summed E-state index contributed by atoms with van der Waals surface area (Å²) in [5.74, 6) is -1.53. The number of carbonyl (C=O) groups is 2. The average molecular weight is 414 g/mol. The average Bonchev–Trinajstić information content (AvgIpc) is 3.45. The van der Waals surface area contributed by atoms with E-state index in [0.717, 1.165) is 34.6 Å². The summed E-state index contributed by atoms with van der Waals surface area (Å²) in [4.78, 5) is 37.3. The van der Waals surface area contributed by atoms with Crippen molar-refractivity contribution in [2.45, 2.75) is 38.6 Å². The standard InChI is InChI=1S/C21H26N4O5/c1-13-10-15(25(29)30)2-3-16(13)14-4-8-23(9-5-14)20(27)18-17(19(22)26)11-21(6-7-21)12-24(18)28/h2-4,10,17-18,28H,5-9,11-12H2,1H3,(H2,22,26)/t17-,18-/m0/s1. The van der Waals surface area contributed by atoms with Crippen molar-refractivity contribution in [2.24, 2.45) is 17.1 Å². The maximum Gasteiger partial charge on any atom is 0.269 e. The molecule has 1 aliphatic carbocycles. The normalized spacial score (nSPS) is 25.7. The zero-order valence-electron chi connectivity index (χ0n) is 16.9. The van der Waals surface area contributed by atoms with Gasteiger partial charge < -0.3 is 15.8 Å². The van der Waals surface area contributed by atoms with Crippen LogP contribution in [0.2, 0.25) is 0 Å². The molecule has 30 heavy (non-hydrogen) atoms. The van der Waals surface area contributed by atoms with Gasteiger partial charge in [0.1, 0.15) is 6.04 Å². The molecular weight excluding hydrogens is 388 g/mol. The Morgan fingerprint density at radius 1 is 1.33 bits per heavy atom. The minimum Gasteiger partial charge on any atom is -0.369 e. The Morgan fingerprint density at radius 2 is 2.07 bits per heavy atom. The predicted octanol–water partition coefficient (Wildman–Crippen LogP) is 1.86. The molecule has 0 radical (unpaired) electrons. The first-order valence-electron chi connectivity index (χ1n) is 10.2. The van der Waals surface area contributed by atoms with Crippen LogP contribution in [-0.4, -0.2) is 57.6 Å². The number of nitro benzene ring substituents is 1. The Hall–Kier alpha value is -2.78. The molecule has 4 rings (SSSR count). The molecule has 1 saturated carbocycles. The van der Waals surface area contributed by atoms with E-state index >= 15 is 0 Å². The SMILES string of the molecule is Cc1cc([N+](=O)[O-])ccc1C1=CCN(C(=O)[C@@H]2[C@@H](C(N)=O)CC3(CC3)CN2O)CC1. The lowest BCUT2D eigenvalue weighted by molar-refractivity contribution is -0.384. The minimum absolute atomic E-state index is 0.0516. The second-order valence-corrected chi connectivity index (χ2v) is 8.78. The zero-order chi connectivity index (χ0) is 21.6. The van der Waals surface area contributed by atoms with E-state index < -0.39 is 22.8 Å². The van der Waals surface area contributed by atoms with Gasteiger partial charge in [0.15, 0.2) is 0 Å². The van der Waals surface area contributed by atoms with Gasteiger partial charge in [0.2, 0.25) is 11.8 Å². The number of nitro groups is 1. The number of non-ortho nitro benzene ring substituents is 1. The number of primary amides is 1. The molecule has 0 unspecified atom stereocenters. The van der Waals surface area contributed by atoms with Crippen molar-refractivity contribution in [1.29, 1.82) is 0 Å². The molecule has 3 aliphatic rings. The summed E-state index contributed by atoms with van der Waals surface area (Å²) in [6, 6.07) is 3.83. The third-order valence-corrected chi connectivity index (χ3v) is 6.72. The van der Waals surface area contributed by atoms with Crippen LogP contribution in [0.15, 0.2) is 24.3 Å². The minimum atomic E-state index is -0.940. The van der Waals surface area contributed by atoms with E-state index in [-0.39, 0.29) is 17.0 Å². The van der Waals surface area contributed by atoms with Crippen molar-refractivity contribution in [2.75, 3.05) is 19.6 Å². The Balaban J connectivity index is 1.49. The molecule has 9 heteroatoms. The molecule has 2 atom stereocenters. The summed E-state index contributed by atoms with van der Waals surface area (Å²) in [5.41, 5.74) is 8.32. The first kappa shape index (κ1) is 20.5. The Bertz CT molecular complexity index is 939. The quantitative estimate of drug-likeness (QED) is 0.571. The highest BCUT2D eigenvalue weighted by atomic mass is 16.6. The molecular formula is C21H26N4O5. The van der Waals surface area contributed by atoms with Gasteiger partial charge in [-0.25, -0.2) is 0 Å². The van der Waals surface area contributed by atoms with E-state index in [2.05, 4.69) is 0 Å². The second kappa shape index (κ2) is 7.48. The van der Waals surface area contributed by atoms with Crippen LogP contribution in [-0.2, 0) is 9.59 Å². The largest absolute Gasteiger partial charge is 0.369 e. The van der Waals surface area contributed by atoms with Gasteiger partial charge in [-0.2, -0.15) is 5.06 Å². The Labute approximate surface area is 174 Å². The van der Waals surface area contributed by atoms with Crippen LogP contribution in [0.25, 0.3) is 5.57 Å². The third-order valence-electron chi connectivity index (χ3n) is 6.72. The summed E-state index contributed by atoms with van der Waals surface area (Å²) < 4.78 is 0. The lowest BCUT2D eigenvalue weighted by Crippen LogP contribution is -2.59. The number of piperidine rings is 1. The number of carbonyl (C=O) groups excluding carboxylic acids is 2. The van der Waals surface area contributed by atoms with Gasteiger partial charge in [-0.15, -0.1) is 0 Å². The number of hydrogen-bond acceptors (Lipinski definition) is 6. The summed E-state index contributed by atoms with van der Waals surface area (Å²) in [7, 11) is 0. The molecule has 1 aromatic carbocycles. The summed E-state index contributed by atoms with van der Waals surface area (Å²) in [5, 5.41) is 22.5. The fourth-order valence-corrected chi connectivity index (χ4v) is 4.81. The fraction of sp³-hybridized carbons (Fsp3) is 0.524. The van der Waals surface area contributed by atoms with Crippen LogP contribution in [0, 0.1) is 28.4 Å². The van der Waals surface area contributed by atoms with E-state index in [1.807, 2.05) is 13.0 Å². The van der Waals surface area contributed by atoms with Gasteiger partial charge in [-0.3, -0.25) is 19.7 Å². The van der Waals surface area contributed by atoms with Crippen molar-refractivity contribution in [3.63, 3.8) is 0 Å². The second-order valence-electron chi connectivity index (χ2n) is 8.78. The number of amides is 2. The first-order valence-corrected chi connectivity index (χ1v) is 10.2. The summed E-state index contributed by atoms with van der Waals surface area (Å²) in [6.07, 6.45) is 4.96. The summed E-state index contributed by atoms with van der Waals surface area (Å²) in [6.45, 7) is 3.02. The highest BCUT2D eigenvalue weighted by Crippen LogP contribution is 2.54. The van der Waals surface area contributed by atoms with E-state index in [4.69, 9.17) is 5.73 Å². The van der Waals surface area contributed by atoms with Gasteiger partial charge in [-0.05, 0) is 60.8 Å². The van der Waals surface area contributed by atoms with Gasteiger partial charge in [-0.1, -0.05) is 6.08 Å². The van der Waals surface area contributed by atoms with Crippen molar-refractivity contribution < 1.29 is 19.7 Å². The molecule has 2 amide bonds. The maximum absolute atomic E-state index is 13.2. The lowest BCUT2D eigenvalue weighted by Gasteiger charge is -2.42. The van der Waals surface area contributed by atoms with Crippen LogP contribution >= 0.6 is 0 Å². The van der Waals surface area contributed by atoms with Gasteiger partial charge in [0, 0.05) is 31.8 Å². The third kappa shape index (κ3) is 3.70. The molecule has 9 nitrogen and oxygen atoms in total. The number of benzene rings is 1. The van der Waals surface area contributed by atoms with Gasteiger partial charge >= 0.3 is 0 Å². The van der Waals surface area contributed by atoms with Crippen molar-refractivity contribution >= 4 is 23.1 Å². The number of aryl methyl sites for hydroxylation is 1. The maximum atomic E-state index is 13.2. The van der Waals surface area contributed by atoms with E-state index in [1.165, 1.54) is 6.07 Å². The smallest absolute Gasteiger partial charge is 0.269 e.